The Bertz CT molecular complexity index is 1300. The van der Waals surface area contributed by atoms with Crippen molar-refractivity contribution in [2.45, 2.75) is 0 Å². The SMILES string of the molecule is COc1cc2c(cc1NC(=O)COC(=O)c1cc(Cl)ccc1OC)oc1ccccc12. The molecule has 1 N–H and O–H groups in total. The molecular formula is C23H18ClNO6. The summed E-state index contributed by atoms with van der Waals surface area (Å²) in [5.41, 5.74) is 1.85. The third-order valence-corrected chi connectivity index (χ3v) is 4.92. The largest absolute Gasteiger partial charge is 0.496 e. The van der Waals surface area contributed by atoms with Crippen molar-refractivity contribution in [1.29, 1.82) is 0 Å². The Labute approximate surface area is 182 Å². The van der Waals surface area contributed by atoms with E-state index in [4.69, 9.17) is 30.2 Å². The molecule has 0 aliphatic carbocycles. The van der Waals surface area contributed by atoms with Crippen LogP contribution < -0.4 is 14.8 Å². The van der Waals surface area contributed by atoms with Crippen LogP contribution in [0.2, 0.25) is 5.02 Å². The van der Waals surface area contributed by atoms with Gasteiger partial charge in [-0.3, -0.25) is 4.79 Å². The molecule has 7 nitrogen and oxygen atoms in total. The number of fused-ring (bicyclic) bond motifs is 3. The number of ether oxygens (including phenoxy) is 3. The highest BCUT2D eigenvalue weighted by molar-refractivity contribution is 6.31. The number of halogens is 1. The van der Waals surface area contributed by atoms with Gasteiger partial charge in [-0.1, -0.05) is 29.8 Å². The maximum Gasteiger partial charge on any atom is 0.342 e. The maximum atomic E-state index is 12.4. The molecule has 3 aromatic carbocycles. The lowest BCUT2D eigenvalue weighted by atomic mass is 10.1. The Hall–Kier alpha value is -3.71. The highest BCUT2D eigenvalue weighted by atomic mass is 35.5. The summed E-state index contributed by atoms with van der Waals surface area (Å²) >= 11 is 5.93. The van der Waals surface area contributed by atoms with Gasteiger partial charge < -0.3 is 23.9 Å². The summed E-state index contributed by atoms with van der Waals surface area (Å²) in [6, 6.07) is 15.6. The van der Waals surface area contributed by atoms with Crippen molar-refractivity contribution in [3.63, 3.8) is 0 Å². The van der Waals surface area contributed by atoms with Gasteiger partial charge in [-0.15, -0.1) is 0 Å². The van der Waals surface area contributed by atoms with Crippen LogP contribution in [0.1, 0.15) is 10.4 Å². The normalized spacial score (nSPS) is 10.8. The van der Waals surface area contributed by atoms with Crippen LogP contribution in [0.25, 0.3) is 21.9 Å². The Morgan fingerprint density at radius 2 is 1.71 bits per heavy atom. The Balaban J connectivity index is 1.51. The lowest BCUT2D eigenvalue weighted by Crippen LogP contribution is -2.21. The second-order valence-electron chi connectivity index (χ2n) is 6.62. The molecule has 1 aromatic heterocycles. The first-order valence-electron chi connectivity index (χ1n) is 9.30. The molecule has 0 fully saturated rings. The number of benzene rings is 3. The Kier molecular flexibility index (Phi) is 5.68. The summed E-state index contributed by atoms with van der Waals surface area (Å²) in [5, 5.41) is 4.84. The molecule has 0 atom stereocenters. The van der Waals surface area contributed by atoms with E-state index in [0.717, 1.165) is 16.4 Å². The number of furan rings is 1. The number of para-hydroxylation sites is 1. The van der Waals surface area contributed by atoms with Crippen molar-refractivity contribution in [3.8, 4) is 11.5 Å². The molecule has 1 amide bonds. The van der Waals surface area contributed by atoms with Crippen LogP contribution in [-0.2, 0) is 9.53 Å². The first kappa shape index (κ1) is 20.6. The fourth-order valence-corrected chi connectivity index (χ4v) is 3.43. The molecular weight excluding hydrogens is 422 g/mol. The minimum atomic E-state index is -0.728. The van der Waals surface area contributed by atoms with Crippen LogP contribution >= 0.6 is 11.6 Å². The zero-order valence-corrected chi connectivity index (χ0v) is 17.5. The van der Waals surface area contributed by atoms with Gasteiger partial charge in [0, 0.05) is 21.9 Å². The summed E-state index contributed by atoms with van der Waals surface area (Å²) in [6.45, 7) is -0.504. The molecule has 4 aromatic rings. The van der Waals surface area contributed by atoms with Crippen molar-refractivity contribution in [1.82, 2.24) is 0 Å². The van der Waals surface area contributed by atoms with Gasteiger partial charge in [-0.2, -0.15) is 0 Å². The molecule has 8 heteroatoms. The summed E-state index contributed by atoms with van der Waals surface area (Å²) in [4.78, 5) is 24.8. The van der Waals surface area contributed by atoms with E-state index in [0.29, 0.717) is 27.8 Å². The number of amides is 1. The highest BCUT2D eigenvalue weighted by Gasteiger charge is 2.18. The van der Waals surface area contributed by atoms with Crippen LogP contribution in [0.15, 0.2) is 59.0 Å². The molecule has 0 spiro atoms. The van der Waals surface area contributed by atoms with Gasteiger partial charge in [-0.05, 0) is 30.3 Å². The number of hydrogen-bond donors (Lipinski definition) is 1. The van der Waals surface area contributed by atoms with Gasteiger partial charge in [0.1, 0.15) is 28.2 Å². The number of anilines is 1. The number of methoxy groups -OCH3 is 2. The number of rotatable bonds is 6. The molecule has 0 saturated heterocycles. The van der Waals surface area contributed by atoms with E-state index in [1.54, 1.807) is 24.3 Å². The second-order valence-corrected chi connectivity index (χ2v) is 7.05. The average Bonchev–Trinajstić information content (AvgIpc) is 3.14. The molecule has 0 unspecified atom stereocenters. The fourth-order valence-electron chi connectivity index (χ4n) is 3.25. The first-order chi connectivity index (χ1) is 15.0. The smallest absolute Gasteiger partial charge is 0.342 e. The molecule has 0 aliphatic heterocycles. The predicted octanol–water partition coefficient (Wildman–Crippen LogP) is 5.05. The average molecular weight is 440 g/mol. The molecule has 158 valence electrons. The van der Waals surface area contributed by atoms with E-state index in [9.17, 15) is 9.59 Å². The van der Waals surface area contributed by atoms with Crippen molar-refractivity contribution in [2.24, 2.45) is 0 Å². The zero-order valence-electron chi connectivity index (χ0n) is 16.7. The van der Waals surface area contributed by atoms with Crippen molar-refractivity contribution in [3.05, 3.63) is 65.2 Å². The first-order valence-corrected chi connectivity index (χ1v) is 9.67. The standard InChI is InChI=1S/C23H18ClNO6/c1-28-18-8-7-13(24)9-16(18)23(27)30-12-22(26)25-17-11-20-15(10-21(17)29-2)14-5-3-4-6-19(14)31-20/h3-11H,12H2,1-2H3,(H,25,26). The van der Waals surface area contributed by atoms with E-state index in [1.807, 2.05) is 24.3 Å². The van der Waals surface area contributed by atoms with E-state index >= 15 is 0 Å². The predicted molar refractivity (Wildman–Crippen MR) is 117 cm³/mol. The zero-order chi connectivity index (χ0) is 22.0. The molecule has 0 radical (unpaired) electrons. The number of nitrogens with one attached hydrogen (secondary N) is 1. The van der Waals surface area contributed by atoms with Crippen LogP contribution in [0.4, 0.5) is 5.69 Å². The molecule has 31 heavy (non-hydrogen) atoms. The van der Waals surface area contributed by atoms with Gasteiger partial charge >= 0.3 is 5.97 Å². The Morgan fingerprint density at radius 3 is 2.48 bits per heavy atom. The molecule has 0 bridgehead atoms. The lowest BCUT2D eigenvalue weighted by Gasteiger charge is -2.11. The van der Waals surface area contributed by atoms with Gasteiger partial charge in [0.05, 0.1) is 19.9 Å². The van der Waals surface area contributed by atoms with Crippen LogP contribution in [0.3, 0.4) is 0 Å². The van der Waals surface area contributed by atoms with Crippen LogP contribution in [0.5, 0.6) is 11.5 Å². The Morgan fingerprint density at radius 1 is 0.935 bits per heavy atom. The summed E-state index contributed by atoms with van der Waals surface area (Å²) < 4.78 is 21.5. The van der Waals surface area contributed by atoms with Crippen molar-refractivity contribution < 1.29 is 28.2 Å². The van der Waals surface area contributed by atoms with E-state index < -0.39 is 18.5 Å². The molecule has 4 rings (SSSR count). The van der Waals surface area contributed by atoms with Crippen LogP contribution in [-0.4, -0.2) is 32.7 Å². The van der Waals surface area contributed by atoms with Crippen molar-refractivity contribution >= 4 is 51.1 Å². The van der Waals surface area contributed by atoms with E-state index in [-0.39, 0.29) is 5.56 Å². The maximum absolute atomic E-state index is 12.4. The van der Waals surface area contributed by atoms with Gasteiger partial charge in [0.2, 0.25) is 0 Å². The third-order valence-electron chi connectivity index (χ3n) is 4.69. The molecule has 0 saturated carbocycles. The number of carbonyl (C=O) groups excluding carboxylic acids is 2. The summed E-state index contributed by atoms with van der Waals surface area (Å²) in [5.74, 6) is -0.514. The van der Waals surface area contributed by atoms with Gasteiger partial charge in [-0.25, -0.2) is 4.79 Å². The molecule has 0 aliphatic rings. The van der Waals surface area contributed by atoms with Crippen molar-refractivity contribution in [2.75, 3.05) is 26.1 Å². The second kappa shape index (κ2) is 8.57. The minimum Gasteiger partial charge on any atom is -0.496 e. The number of carbonyl (C=O) groups is 2. The van der Waals surface area contributed by atoms with Gasteiger partial charge in [0.15, 0.2) is 6.61 Å². The third kappa shape index (κ3) is 4.13. The van der Waals surface area contributed by atoms with Gasteiger partial charge in [0.25, 0.3) is 5.91 Å². The highest BCUT2D eigenvalue weighted by Crippen LogP contribution is 2.36. The minimum absolute atomic E-state index is 0.129. The number of hydrogen-bond acceptors (Lipinski definition) is 6. The van der Waals surface area contributed by atoms with E-state index in [1.165, 1.54) is 20.3 Å². The topological polar surface area (TPSA) is 87.0 Å². The monoisotopic (exact) mass is 439 g/mol. The quantitative estimate of drug-likeness (QED) is 0.423. The lowest BCUT2D eigenvalue weighted by molar-refractivity contribution is -0.119. The van der Waals surface area contributed by atoms with E-state index in [2.05, 4.69) is 5.32 Å². The fraction of sp³-hybridized carbons (Fsp3) is 0.130. The molecule has 1 heterocycles. The summed E-state index contributed by atoms with van der Waals surface area (Å²) in [7, 11) is 2.93. The summed E-state index contributed by atoms with van der Waals surface area (Å²) in [6.07, 6.45) is 0. The van der Waals surface area contributed by atoms with Crippen LogP contribution in [0, 0.1) is 0 Å². The number of esters is 1.